The molecule has 2 aromatic heterocycles. The van der Waals surface area contributed by atoms with E-state index in [1.807, 2.05) is 42.9 Å². The minimum absolute atomic E-state index is 0.710. The second-order valence-electron chi connectivity index (χ2n) is 3.10. The van der Waals surface area contributed by atoms with E-state index in [9.17, 15) is 0 Å². The molecule has 0 unspecified atom stereocenters. The van der Waals surface area contributed by atoms with E-state index in [1.54, 1.807) is 0 Å². The van der Waals surface area contributed by atoms with Gasteiger partial charge in [0.25, 0.3) is 0 Å². The molecule has 2 heterocycles. The Morgan fingerprint density at radius 2 is 2.00 bits per heavy atom. The molecule has 0 aliphatic carbocycles. The molecule has 2 rings (SSSR count). The fourth-order valence-electron chi connectivity index (χ4n) is 1.24. The fourth-order valence-corrected chi connectivity index (χ4v) is 1.24. The molecule has 0 N–H and O–H groups in total. The average molecular weight is 176 g/mol. The Kier molecular flexibility index (Phi) is 1.93. The van der Waals surface area contributed by atoms with E-state index in [0.717, 1.165) is 17.3 Å². The lowest BCUT2D eigenvalue weighted by molar-refractivity contribution is 0.457. The van der Waals surface area contributed by atoms with E-state index in [1.165, 1.54) is 0 Å². The fraction of sp³-hybridized carbons (Fsp3) is 0.300. The van der Waals surface area contributed by atoms with Crippen LogP contribution in [0.5, 0.6) is 0 Å². The van der Waals surface area contributed by atoms with Crippen molar-refractivity contribution in [2.24, 2.45) is 0 Å². The van der Waals surface area contributed by atoms with Crippen LogP contribution < -0.4 is 0 Å². The van der Waals surface area contributed by atoms with E-state index in [-0.39, 0.29) is 0 Å². The number of hydrogen-bond donors (Lipinski definition) is 0. The number of oxazole rings is 1. The Labute approximate surface area is 77.0 Å². The third kappa shape index (κ3) is 1.64. The molecule has 0 saturated carbocycles. The van der Waals surface area contributed by atoms with Crippen molar-refractivity contribution in [2.45, 2.75) is 20.4 Å². The van der Waals surface area contributed by atoms with Crippen LogP contribution in [0.4, 0.5) is 0 Å². The highest BCUT2D eigenvalue weighted by Crippen LogP contribution is 2.09. The number of hydrogen-bond acceptors (Lipinski definition) is 2. The van der Waals surface area contributed by atoms with Gasteiger partial charge >= 0.3 is 0 Å². The summed E-state index contributed by atoms with van der Waals surface area (Å²) in [7, 11) is 0. The van der Waals surface area contributed by atoms with Crippen molar-refractivity contribution < 1.29 is 4.42 Å². The van der Waals surface area contributed by atoms with Crippen LogP contribution in [0.15, 0.2) is 28.9 Å². The number of aromatic nitrogens is 2. The normalized spacial score (nSPS) is 10.6. The van der Waals surface area contributed by atoms with Gasteiger partial charge in [-0.25, -0.2) is 4.98 Å². The third-order valence-electron chi connectivity index (χ3n) is 2.06. The molecule has 3 nitrogen and oxygen atoms in total. The first-order valence-corrected chi connectivity index (χ1v) is 4.29. The number of nitrogens with zero attached hydrogens (tertiary/aromatic N) is 2. The summed E-state index contributed by atoms with van der Waals surface area (Å²) in [5, 5.41) is 0. The monoisotopic (exact) mass is 176 g/mol. The second-order valence-corrected chi connectivity index (χ2v) is 3.10. The first-order chi connectivity index (χ1) is 6.25. The van der Waals surface area contributed by atoms with Gasteiger partial charge in [-0.1, -0.05) is 0 Å². The molecule has 2 aromatic rings. The maximum absolute atomic E-state index is 5.46. The van der Waals surface area contributed by atoms with Gasteiger partial charge in [-0.2, -0.15) is 0 Å². The lowest BCUT2D eigenvalue weighted by atomic mass is 10.4. The molecule has 0 saturated heterocycles. The summed E-state index contributed by atoms with van der Waals surface area (Å²) < 4.78 is 7.49. The van der Waals surface area contributed by atoms with Gasteiger partial charge in [0.15, 0.2) is 0 Å². The van der Waals surface area contributed by atoms with E-state index >= 15 is 0 Å². The summed E-state index contributed by atoms with van der Waals surface area (Å²) in [6.45, 7) is 4.60. The molecule has 0 aromatic carbocycles. The van der Waals surface area contributed by atoms with E-state index in [0.29, 0.717) is 6.54 Å². The molecule has 0 amide bonds. The van der Waals surface area contributed by atoms with Gasteiger partial charge in [0.05, 0.1) is 12.2 Å². The van der Waals surface area contributed by atoms with Gasteiger partial charge in [0, 0.05) is 12.4 Å². The van der Waals surface area contributed by atoms with Crippen LogP contribution in [0.1, 0.15) is 17.3 Å². The zero-order valence-corrected chi connectivity index (χ0v) is 7.82. The molecule has 3 heteroatoms. The lowest BCUT2D eigenvalue weighted by Gasteiger charge is -1.96. The summed E-state index contributed by atoms with van der Waals surface area (Å²) in [5.74, 6) is 1.67. The Bertz CT molecular complexity index is 367. The first kappa shape index (κ1) is 8.10. The summed E-state index contributed by atoms with van der Waals surface area (Å²) in [6.07, 6.45) is 3.99. The Hall–Kier alpha value is -1.51. The van der Waals surface area contributed by atoms with Crippen molar-refractivity contribution in [1.82, 2.24) is 9.55 Å². The Morgan fingerprint density at radius 1 is 1.31 bits per heavy atom. The summed E-state index contributed by atoms with van der Waals surface area (Å²) in [6, 6.07) is 3.98. The van der Waals surface area contributed by atoms with Crippen molar-refractivity contribution in [2.75, 3.05) is 0 Å². The number of rotatable bonds is 2. The molecule has 0 radical (unpaired) electrons. The van der Waals surface area contributed by atoms with Crippen LogP contribution in [0.3, 0.4) is 0 Å². The lowest BCUT2D eigenvalue weighted by Crippen LogP contribution is -1.95. The van der Waals surface area contributed by atoms with Crippen molar-refractivity contribution >= 4 is 0 Å². The summed E-state index contributed by atoms with van der Waals surface area (Å²) in [4.78, 5) is 4.30. The molecule has 0 atom stereocenters. The Morgan fingerprint density at radius 3 is 2.54 bits per heavy atom. The zero-order valence-electron chi connectivity index (χ0n) is 7.82. The Balaban J connectivity index is 2.19. The molecule has 0 fully saturated rings. The molecular weight excluding hydrogens is 164 g/mol. The molecule has 13 heavy (non-hydrogen) atoms. The summed E-state index contributed by atoms with van der Waals surface area (Å²) >= 11 is 0. The van der Waals surface area contributed by atoms with E-state index < -0.39 is 0 Å². The predicted octanol–water partition coefficient (Wildman–Crippen LogP) is 2.14. The average Bonchev–Trinajstić information content (AvgIpc) is 2.64. The van der Waals surface area contributed by atoms with E-state index in [4.69, 9.17) is 4.42 Å². The minimum Gasteiger partial charge on any atom is -0.444 e. The van der Waals surface area contributed by atoms with Crippen molar-refractivity contribution in [1.29, 1.82) is 0 Å². The van der Waals surface area contributed by atoms with Gasteiger partial charge < -0.3 is 8.98 Å². The van der Waals surface area contributed by atoms with Gasteiger partial charge in [0.1, 0.15) is 5.76 Å². The van der Waals surface area contributed by atoms with E-state index in [2.05, 4.69) is 4.98 Å². The van der Waals surface area contributed by atoms with Crippen LogP contribution in [0.25, 0.3) is 0 Å². The van der Waals surface area contributed by atoms with Crippen molar-refractivity contribution in [3.05, 3.63) is 41.9 Å². The highest BCUT2D eigenvalue weighted by atomic mass is 16.4. The van der Waals surface area contributed by atoms with Crippen molar-refractivity contribution in [3.63, 3.8) is 0 Å². The highest BCUT2D eigenvalue weighted by molar-refractivity contribution is 5.06. The third-order valence-corrected chi connectivity index (χ3v) is 2.06. The smallest absolute Gasteiger partial charge is 0.214 e. The SMILES string of the molecule is Cc1nc(Cn2cccc2)oc1C. The second kappa shape index (κ2) is 3.09. The van der Waals surface area contributed by atoms with Gasteiger partial charge in [-0.15, -0.1) is 0 Å². The maximum atomic E-state index is 5.46. The zero-order chi connectivity index (χ0) is 9.26. The molecule has 0 bridgehead atoms. The van der Waals surface area contributed by atoms with Gasteiger partial charge in [-0.05, 0) is 26.0 Å². The molecule has 0 spiro atoms. The van der Waals surface area contributed by atoms with Crippen molar-refractivity contribution in [3.8, 4) is 0 Å². The molecule has 68 valence electrons. The molecule has 0 aliphatic rings. The van der Waals surface area contributed by atoms with Crippen LogP contribution in [-0.2, 0) is 6.54 Å². The van der Waals surface area contributed by atoms with Gasteiger partial charge in [-0.3, -0.25) is 0 Å². The maximum Gasteiger partial charge on any atom is 0.214 e. The van der Waals surface area contributed by atoms with Gasteiger partial charge in [0.2, 0.25) is 5.89 Å². The summed E-state index contributed by atoms with van der Waals surface area (Å²) in [5.41, 5.74) is 0.974. The predicted molar refractivity (Wildman–Crippen MR) is 49.5 cm³/mol. The standard InChI is InChI=1S/C10H12N2O/c1-8-9(2)13-10(11-8)7-12-5-3-4-6-12/h3-6H,7H2,1-2H3. The molecule has 0 aliphatic heterocycles. The van der Waals surface area contributed by atoms with Crippen LogP contribution in [0, 0.1) is 13.8 Å². The van der Waals surface area contributed by atoms with Crippen LogP contribution in [-0.4, -0.2) is 9.55 Å². The number of aryl methyl sites for hydroxylation is 2. The highest BCUT2D eigenvalue weighted by Gasteiger charge is 2.04. The van der Waals surface area contributed by atoms with Crippen LogP contribution >= 0.6 is 0 Å². The van der Waals surface area contributed by atoms with Crippen LogP contribution in [0.2, 0.25) is 0 Å². The topological polar surface area (TPSA) is 31.0 Å². The first-order valence-electron chi connectivity index (χ1n) is 4.29. The molecular formula is C10H12N2O. The quantitative estimate of drug-likeness (QED) is 0.702. The largest absolute Gasteiger partial charge is 0.444 e. The minimum atomic E-state index is 0.710.